The van der Waals surface area contributed by atoms with Crippen LogP contribution < -0.4 is 0 Å². The molecule has 0 atom stereocenters. The molecule has 0 fully saturated rings. The molecule has 0 saturated heterocycles. The van der Waals surface area contributed by atoms with Crippen molar-refractivity contribution in [3.8, 4) is 12.1 Å². The van der Waals surface area contributed by atoms with Crippen LogP contribution in [0, 0.1) is 22.7 Å². The van der Waals surface area contributed by atoms with Crippen LogP contribution in [-0.4, -0.2) is 23.9 Å². The maximum atomic E-state index is 8.90. The second-order valence-corrected chi connectivity index (χ2v) is 12.5. The number of nitriles is 2. The smallest absolute Gasteiger partial charge is 0.0991 e. The Bertz CT molecular complexity index is 1410. The van der Waals surface area contributed by atoms with Crippen molar-refractivity contribution in [1.29, 1.82) is 10.5 Å². The van der Waals surface area contributed by atoms with E-state index in [4.69, 9.17) is 10.5 Å². The predicted octanol–water partition coefficient (Wildman–Crippen LogP) is 10.5. The van der Waals surface area contributed by atoms with Gasteiger partial charge in [0.15, 0.2) is 0 Å². The van der Waals surface area contributed by atoms with Crippen molar-refractivity contribution in [3.63, 3.8) is 0 Å². The highest BCUT2D eigenvalue weighted by molar-refractivity contribution is 7.99. The molecule has 0 spiro atoms. The summed E-state index contributed by atoms with van der Waals surface area (Å²) in [6, 6.07) is 36.0. The zero-order valence-electron chi connectivity index (χ0n) is 24.4. The van der Waals surface area contributed by atoms with Crippen LogP contribution in [0.4, 0.5) is 11.4 Å². The molecule has 0 bridgehead atoms. The van der Waals surface area contributed by atoms with Crippen molar-refractivity contribution >= 4 is 47.3 Å². The van der Waals surface area contributed by atoms with E-state index in [9.17, 15) is 0 Å². The monoisotopic (exact) mass is 600 g/mol. The van der Waals surface area contributed by atoms with Gasteiger partial charge in [0.05, 0.1) is 34.6 Å². The van der Waals surface area contributed by atoms with E-state index >= 15 is 0 Å². The van der Waals surface area contributed by atoms with Gasteiger partial charge in [0, 0.05) is 22.2 Å². The topological polar surface area (TPSA) is 72.3 Å². The summed E-state index contributed by atoms with van der Waals surface area (Å²) >= 11 is 3.84. The minimum Gasteiger partial charge on any atom is -0.256 e. The second kappa shape index (κ2) is 18.4. The molecule has 4 aromatic carbocycles. The van der Waals surface area contributed by atoms with Crippen LogP contribution in [0.5, 0.6) is 0 Å². The molecule has 6 heteroatoms. The number of hydrogen-bond donors (Lipinski definition) is 0. The molecule has 0 saturated carbocycles. The molecule has 0 aromatic heterocycles. The molecule has 43 heavy (non-hydrogen) atoms. The highest BCUT2D eigenvalue weighted by atomic mass is 32.2. The van der Waals surface area contributed by atoms with Crippen LogP contribution in [-0.2, 0) is 0 Å². The lowest BCUT2D eigenvalue weighted by Crippen LogP contribution is -1.85. The van der Waals surface area contributed by atoms with Crippen molar-refractivity contribution < 1.29 is 0 Å². The summed E-state index contributed by atoms with van der Waals surface area (Å²) in [5.41, 5.74) is 5.17. The number of unbranched alkanes of at least 4 members (excludes halogenated alkanes) is 6. The fourth-order valence-corrected chi connectivity index (χ4v) is 6.14. The molecule has 0 heterocycles. The van der Waals surface area contributed by atoms with Crippen molar-refractivity contribution in [2.45, 2.75) is 54.7 Å². The number of nitrogens with zero attached hydrogens (tertiary/aromatic N) is 4. The molecule has 0 amide bonds. The van der Waals surface area contributed by atoms with E-state index in [-0.39, 0.29) is 0 Å². The van der Waals surface area contributed by atoms with Gasteiger partial charge in [0.1, 0.15) is 0 Å². The fourth-order valence-electron chi connectivity index (χ4n) is 4.31. The molecule has 4 nitrogen and oxygen atoms in total. The van der Waals surface area contributed by atoms with Crippen LogP contribution in [0.1, 0.15) is 67.2 Å². The number of benzene rings is 4. The summed E-state index contributed by atoms with van der Waals surface area (Å²) < 4.78 is 0. The molecule has 0 aliphatic carbocycles. The number of thioether (sulfide) groups is 2. The van der Waals surface area contributed by atoms with E-state index in [2.05, 4.69) is 70.7 Å². The Balaban J connectivity index is 0.995. The molecule has 0 N–H and O–H groups in total. The Labute approximate surface area is 264 Å². The highest BCUT2D eigenvalue weighted by Crippen LogP contribution is 2.25. The van der Waals surface area contributed by atoms with Crippen molar-refractivity contribution in [2.75, 3.05) is 11.5 Å². The Morgan fingerprint density at radius 3 is 1.16 bits per heavy atom. The SMILES string of the molecule is N#Cc1ccc(C=Nc2ccc(SCCCCCCCCCSc3ccc(N=Cc4ccc(C#N)cc4)cc3)cc2)cc1. The highest BCUT2D eigenvalue weighted by Gasteiger charge is 1.99. The van der Waals surface area contributed by atoms with Gasteiger partial charge < -0.3 is 0 Å². The van der Waals surface area contributed by atoms with Gasteiger partial charge in [-0.25, -0.2) is 0 Å². The number of rotatable bonds is 16. The van der Waals surface area contributed by atoms with E-state index in [0.717, 1.165) is 34.0 Å². The number of aliphatic imine (C=N–C) groups is 2. The largest absolute Gasteiger partial charge is 0.256 e. The third-order valence-electron chi connectivity index (χ3n) is 6.80. The average Bonchev–Trinajstić information content (AvgIpc) is 3.07. The number of hydrogen-bond acceptors (Lipinski definition) is 6. The van der Waals surface area contributed by atoms with E-state index in [0.29, 0.717) is 11.1 Å². The minimum atomic E-state index is 0.661. The van der Waals surface area contributed by atoms with Gasteiger partial charge in [-0.15, -0.1) is 23.5 Å². The lowest BCUT2D eigenvalue weighted by atomic mass is 10.1. The van der Waals surface area contributed by atoms with Crippen LogP contribution in [0.15, 0.2) is 117 Å². The summed E-state index contributed by atoms with van der Waals surface area (Å²) in [4.78, 5) is 11.7. The van der Waals surface area contributed by atoms with Crippen LogP contribution in [0.25, 0.3) is 0 Å². The molecule has 0 aliphatic heterocycles. The van der Waals surface area contributed by atoms with E-state index in [1.54, 1.807) is 0 Å². The van der Waals surface area contributed by atoms with Gasteiger partial charge in [-0.2, -0.15) is 10.5 Å². The summed E-state index contributed by atoms with van der Waals surface area (Å²) in [6.45, 7) is 0. The average molecular weight is 601 g/mol. The minimum absolute atomic E-state index is 0.661. The van der Waals surface area contributed by atoms with E-state index in [1.165, 1.54) is 54.7 Å². The third kappa shape index (κ3) is 12.0. The van der Waals surface area contributed by atoms with Crippen LogP contribution in [0.2, 0.25) is 0 Å². The van der Waals surface area contributed by atoms with Gasteiger partial charge in [0.2, 0.25) is 0 Å². The fraction of sp³-hybridized carbons (Fsp3) is 0.243. The Morgan fingerprint density at radius 2 is 0.814 bits per heavy atom. The summed E-state index contributed by atoms with van der Waals surface area (Å²) in [7, 11) is 0. The predicted molar refractivity (Wildman–Crippen MR) is 183 cm³/mol. The standard InChI is InChI=1S/C37H36N4S2/c38-26-30-8-12-32(13-9-30)28-40-34-16-20-36(21-17-34)42-24-6-4-2-1-3-5-7-25-43-37-22-18-35(19-23-37)41-29-33-14-10-31(27-39)11-15-33/h8-23,28-29H,1-7,24-25H2. The van der Waals surface area contributed by atoms with E-state index in [1.807, 2.05) is 84.5 Å². The van der Waals surface area contributed by atoms with Crippen LogP contribution >= 0.6 is 23.5 Å². The maximum absolute atomic E-state index is 8.90. The molecule has 216 valence electrons. The molecular formula is C37H36N4S2. The first-order valence-electron chi connectivity index (χ1n) is 14.8. The molecule has 4 aromatic rings. The first-order valence-corrected chi connectivity index (χ1v) is 16.7. The first kappa shape index (κ1) is 31.8. The van der Waals surface area contributed by atoms with Gasteiger partial charge >= 0.3 is 0 Å². The van der Waals surface area contributed by atoms with Gasteiger partial charge in [-0.05, 0) is 108 Å². The lowest BCUT2D eigenvalue weighted by Gasteiger charge is -2.04. The zero-order chi connectivity index (χ0) is 30.0. The maximum Gasteiger partial charge on any atom is 0.0991 e. The molecule has 4 rings (SSSR count). The van der Waals surface area contributed by atoms with Crippen molar-refractivity contribution in [2.24, 2.45) is 9.98 Å². The lowest BCUT2D eigenvalue weighted by molar-refractivity contribution is 0.605. The van der Waals surface area contributed by atoms with Gasteiger partial charge in [-0.1, -0.05) is 56.4 Å². The van der Waals surface area contributed by atoms with Crippen LogP contribution in [0.3, 0.4) is 0 Å². The quantitative estimate of drug-likeness (QED) is 0.0728. The Kier molecular flexibility index (Phi) is 13.6. The molecule has 0 aliphatic rings. The van der Waals surface area contributed by atoms with Crippen molar-refractivity contribution in [3.05, 3.63) is 119 Å². The second-order valence-electron chi connectivity index (χ2n) is 10.1. The Hall–Kier alpha value is -4.10. The summed E-state index contributed by atoms with van der Waals surface area (Å²) in [6.07, 6.45) is 12.7. The summed E-state index contributed by atoms with van der Waals surface area (Å²) in [5.74, 6) is 2.31. The first-order chi connectivity index (χ1) is 21.2. The van der Waals surface area contributed by atoms with Gasteiger partial charge in [0.25, 0.3) is 0 Å². The van der Waals surface area contributed by atoms with E-state index < -0.39 is 0 Å². The summed E-state index contributed by atoms with van der Waals surface area (Å²) in [5, 5.41) is 17.8. The molecule has 0 unspecified atom stereocenters. The normalized spacial score (nSPS) is 11.1. The molecule has 0 radical (unpaired) electrons. The van der Waals surface area contributed by atoms with Crippen molar-refractivity contribution in [1.82, 2.24) is 0 Å². The molecular weight excluding hydrogens is 565 g/mol. The van der Waals surface area contributed by atoms with Gasteiger partial charge in [-0.3, -0.25) is 9.98 Å². The Morgan fingerprint density at radius 1 is 0.465 bits per heavy atom. The third-order valence-corrected chi connectivity index (χ3v) is 9.00. The zero-order valence-corrected chi connectivity index (χ0v) is 26.0.